The second kappa shape index (κ2) is 6.42. The van der Waals surface area contributed by atoms with E-state index in [0.717, 1.165) is 12.5 Å². The number of hydrogen-bond donors (Lipinski definition) is 1. The molecule has 1 aliphatic rings. The Hall–Kier alpha value is -0.760. The molecule has 1 aliphatic carbocycles. The highest BCUT2D eigenvalue weighted by Crippen LogP contribution is 2.29. The highest BCUT2D eigenvalue weighted by Gasteiger charge is 2.19. The lowest BCUT2D eigenvalue weighted by Gasteiger charge is -2.16. The molecule has 2 nitrogen and oxygen atoms in total. The lowest BCUT2D eigenvalue weighted by atomic mass is 10.0. The summed E-state index contributed by atoms with van der Waals surface area (Å²) >= 11 is 0. The molecule has 0 radical (unpaired) electrons. The second-order valence-electron chi connectivity index (χ2n) is 5.81. The first-order valence-corrected chi connectivity index (χ1v) is 7.66. The van der Waals surface area contributed by atoms with Crippen LogP contribution in [0.25, 0.3) is 0 Å². The van der Waals surface area contributed by atoms with Gasteiger partial charge in [0.25, 0.3) is 0 Å². The first-order chi connectivity index (χ1) is 8.74. The molecule has 18 heavy (non-hydrogen) atoms. The van der Waals surface area contributed by atoms with Crippen LogP contribution in [0.15, 0.2) is 12.4 Å². The Labute approximate surface area is 112 Å². The zero-order valence-electron chi connectivity index (χ0n) is 12.2. The van der Waals surface area contributed by atoms with E-state index in [-0.39, 0.29) is 0 Å². The minimum Gasteiger partial charge on any atom is -0.353 e. The molecule has 0 bridgehead atoms. The average molecular weight is 248 g/mol. The molecule has 0 spiro atoms. The van der Waals surface area contributed by atoms with E-state index in [9.17, 15) is 0 Å². The summed E-state index contributed by atoms with van der Waals surface area (Å²) in [5.74, 6) is 0.777. The highest BCUT2D eigenvalue weighted by molar-refractivity contribution is 5.29. The van der Waals surface area contributed by atoms with Crippen molar-refractivity contribution >= 4 is 0 Å². The molecule has 1 aromatic rings. The molecule has 1 N–H and O–H groups in total. The third-order valence-electron chi connectivity index (χ3n) is 4.23. The molecule has 1 heterocycles. The minimum atomic E-state index is 0.589. The van der Waals surface area contributed by atoms with Crippen molar-refractivity contribution in [2.24, 2.45) is 5.92 Å². The fourth-order valence-corrected chi connectivity index (χ4v) is 2.97. The summed E-state index contributed by atoms with van der Waals surface area (Å²) in [5.41, 5.74) is 3.15. The average Bonchev–Trinajstić information content (AvgIpc) is 2.67. The van der Waals surface area contributed by atoms with Crippen molar-refractivity contribution in [3.05, 3.63) is 23.5 Å². The SMILES string of the molecule is CCNC1CCCCc2cn(CC(C)CC)cc21. The zero-order valence-corrected chi connectivity index (χ0v) is 12.2. The van der Waals surface area contributed by atoms with E-state index in [2.05, 4.69) is 43.0 Å². The summed E-state index contributed by atoms with van der Waals surface area (Å²) in [6, 6.07) is 0.589. The van der Waals surface area contributed by atoms with Gasteiger partial charge in [0.1, 0.15) is 0 Å². The van der Waals surface area contributed by atoms with Crippen LogP contribution < -0.4 is 5.32 Å². The highest BCUT2D eigenvalue weighted by atomic mass is 15.0. The predicted octanol–water partition coefficient (Wildman–Crippen LogP) is 3.91. The maximum Gasteiger partial charge on any atom is 0.0337 e. The van der Waals surface area contributed by atoms with Gasteiger partial charge in [-0.2, -0.15) is 0 Å². The number of rotatable bonds is 5. The smallest absolute Gasteiger partial charge is 0.0337 e. The Balaban J connectivity index is 2.16. The third kappa shape index (κ3) is 3.17. The van der Waals surface area contributed by atoms with Crippen molar-refractivity contribution < 1.29 is 0 Å². The summed E-state index contributed by atoms with van der Waals surface area (Å²) in [7, 11) is 0. The molecule has 102 valence electrons. The molecular weight excluding hydrogens is 220 g/mol. The molecule has 0 fully saturated rings. The molecular formula is C16H28N2. The van der Waals surface area contributed by atoms with Gasteiger partial charge in [0.05, 0.1) is 0 Å². The van der Waals surface area contributed by atoms with Gasteiger partial charge >= 0.3 is 0 Å². The van der Waals surface area contributed by atoms with E-state index in [4.69, 9.17) is 0 Å². The summed E-state index contributed by atoms with van der Waals surface area (Å²) < 4.78 is 2.43. The zero-order chi connectivity index (χ0) is 13.0. The van der Waals surface area contributed by atoms with E-state index >= 15 is 0 Å². The first kappa shape index (κ1) is 13.7. The molecule has 1 aromatic heterocycles. The van der Waals surface area contributed by atoms with Gasteiger partial charge in [0.15, 0.2) is 0 Å². The topological polar surface area (TPSA) is 17.0 Å². The van der Waals surface area contributed by atoms with Crippen LogP contribution >= 0.6 is 0 Å². The van der Waals surface area contributed by atoms with Gasteiger partial charge in [0.2, 0.25) is 0 Å². The van der Waals surface area contributed by atoms with Gasteiger partial charge in [-0.1, -0.05) is 33.6 Å². The van der Waals surface area contributed by atoms with E-state index < -0.39 is 0 Å². The van der Waals surface area contributed by atoms with Crippen molar-refractivity contribution in [3.63, 3.8) is 0 Å². The van der Waals surface area contributed by atoms with E-state index in [0.29, 0.717) is 6.04 Å². The number of nitrogens with one attached hydrogen (secondary N) is 1. The summed E-state index contributed by atoms with van der Waals surface area (Å²) in [6.45, 7) is 9.07. The maximum absolute atomic E-state index is 3.65. The third-order valence-corrected chi connectivity index (χ3v) is 4.23. The Kier molecular flexibility index (Phi) is 4.87. The van der Waals surface area contributed by atoms with Crippen molar-refractivity contribution in [2.45, 2.75) is 65.5 Å². The Bertz CT molecular complexity index is 367. The van der Waals surface area contributed by atoms with Gasteiger partial charge in [-0.05, 0) is 42.9 Å². The van der Waals surface area contributed by atoms with Gasteiger partial charge in [-0.3, -0.25) is 0 Å². The Morgan fingerprint density at radius 1 is 1.33 bits per heavy atom. The van der Waals surface area contributed by atoms with E-state index in [1.165, 1.54) is 38.6 Å². The standard InChI is InChI=1S/C16H28N2/c1-4-13(3)10-18-11-14-8-6-7-9-16(17-5-2)15(14)12-18/h11-13,16-17H,4-10H2,1-3H3. The minimum absolute atomic E-state index is 0.589. The number of aromatic nitrogens is 1. The van der Waals surface area contributed by atoms with E-state index in [1.807, 2.05) is 0 Å². The Morgan fingerprint density at radius 3 is 2.89 bits per heavy atom. The van der Waals surface area contributed by atoms with Gasteiger partial charge in [-0.15, -0.1) is 0 Å². The Morgan fingerprint density at radius 2 is 2.17 bits per heavy atom. The summed E-state index contributed by atoms with van der Waals surface area (Å²) in [5, 5.41) is 3.65. The molecule has 0 saturated carbocycles. The number of fused-ring (bicyclic) bond motifs is 1. The number of nitrogens with zero attached hydrogens (tertiary/aromatic N) is 1. The quantitative estimate of drug-likeness (QED) is 0.782. The number of aryl methyl sites for hydroxylation is 1. The fraction of sp³-hybridized carbons (Fsp3) is 0.750. The predicted molar refractivity (Wildman–Crippen MR) is 77.9 cm³/mol. The van der Waals surface area contributed by atoms with E-state index in [1.54, 1.807) is 11.1 Å². The molecule has 2 heteroatoms. The molecule has 0 aliphatic heterocycles. The van der Waals surface area contributed by atoms with Gasteiger partial charge in [0, 0.05) is 25.0 Å². The van der Waals surface area contributed by atoms with Crippen LogP contribution in [0.3, 0.4) is 0 Å². The van der Waals surface area contributed by atoms with Crippen LogP contribution in [0.5, 0.6) is 0 Å². The number of hydrogen-bond acceptors (Lipinski definition) is 1. The maximum atomic E-state index is 3.65. The summed E-state index contributed by atoms with van der Waals surface area (Å²) in [6.07, 6.45) is 11.3. The molecule has 2 unspecified atom stereocenters. The van der Waals surface area contributed by atoms with Crippen molar-refractivity contribution in [1.82, 2.24) is 9.88 Å². The van der Waals surface area contributed by atoms with Gasteiger partial charge in [-0.25, -0.2) is 0 Å². The van der Waals surface area contributed by atoms with Crippen molar-refractivity contribution in [2.75, 3.05) is 6.54 Å². The molecule has 2 atom stereocenters. The second-order valence-corrected chi connectivity index (χ2v) is 5.81. The van der Waals surface area contributed by atoms with Crippen molar-refractivity contribution in [1.29, 1.82) is 0 Å². The van der Waals surface area contributed by atoms with Crippen molar-refractivity contribution in [3.8, 4) is 0 Å². The lowest BCUT2D eigenvalue weighted by Crippen LogP contribution is -2.20. The fourth-order valence-electron chi connectivity index (χ4n) is 2.97. The summed E-state index contributed by atoms with van der Waals surface area (Å²) in [4.78, 5) is 0. The normalized spacial score (nSPS) is 21.4. The molecule has 2 rings (SSSR count). The van der Waals surface area contributed by atoms with Gasteiger partial charge < -0.3 is 9.88 Å². The molecule has 0 aromatic carbocycles. The first-order valence-electron chi connectivity index (χ1n) is 7.66. The van der Waals surface area contributed by atoms with Crippen LogP contribution in [0, 0.1) is 5.92 Å². The van der Waals surface area contributed by atoms with Crippen LogP contribution in [-0.4, -0.2) is 11.1 Å². The lowest BCUT2D eigenvalue weighted by molar-refractivity contribution is 0.463. The largest absolute Gasteiger partial charge is 0.353 e. The molecule has 0 saturated heterocycles. The van der Waals surface area contributed by atoms with Crippen LogP contribution in [-0.2, 0) is 13.0 Å². The van der Waals surface area contributed by atoms with Crippen LogP contribution in [0.2, 0.25) is 0 Å². The van der Waals surface area contributed by atoms with Crippen LogP contribution in [0.1, 0.15) is 63.6 Å². The monoisotopic (exact) mass is 248 g/mol. The molecule has 0 amide bonds. The van der Waals surface area contributed by atoms with Crippen LogP contribution in [0.4, 0.5) is 0 Å².